The van der Waals surface area contributed by atoms with Crippen molar-refractivity contribution >= 4 is 5.97 Å². The summed E-state index contributed by atoms with van der Waals surface area (Å²) in [4.78, 5) is 13.2. The quantitative estimate of drug-likeness (QED) is 0.141. The number of ether oxygens (including phenoxy) is 1. The lowest BCUT2D eigenvalue weighted by Crippen LogP contribution is -2.42. The first kappa shape index (κ1) is 28.4. The van der Waals surface area contributed by atoms with E-state index in [1.807, 2.05) is 0 Å². The fourth-order valence-electron chi connectivity index (χ4n) is 3.66. The lowest BCUT2D eigenvalue weighted by atomic mass is 10.0. The smallest absolute Gasteiger partial charge is 0.305 e. The van der Waals surface area contributed by atoms with Gasteiger partial charge in [-0.3, -0.25) is 4.79 Å². The van der Waals surface area contributed by atoms with Gasteiger partial charge in [0, 0.05) is 13.0 Å². The Morgan fingerprint density at radius 3 is 1.48 bits per heavy atom. The van der Waals surface area contributed by atoms with E-state index >= 15 is 0 Å². The van der Waals surface area contributed by atoms with E-state index in [1.54, 1.807) is 13.8 Å². The van der Waals surface area contributed by atoms with Crippen LogP contribution in [0.1, 0.15) is 124 Å². The summed E-state index contributed by atoms with van der Waals surface area (Å²) in [5.41, 5.74) is 0. The Balaban J connectivity index is 3.33. The second-order valence-electron chi connectivity index (χ2n) is 8.42. The Labute approximate surface area is 180 Å². The van der Waals surface area contributed by atoms with Crippen LogP contribution in [0.4, 0.5) is 0 Å². The van der Waals surface area contributed by atoms with Crippen LogP contribution < -0.4 is 0 Å². The van der Waals surface area contributed by atoms with E-state index < -0.39 is 12.5 Å². The molecule has 2 unspecified atom stereocenters. The highest BCUT2D eigenvalue weighted by atomic mass is 16.5. The second kappa shape index (κ2) is 20.6. The zero-order valence-electron chi connectivity index (χ0n) is 19.5. The van der Waals surface area contributed by atoms with Crippen LogP contribution >= 0.6 is 0 Å². The SMILES string of the molecule is CCCCCCCCCCCCCCCCCC(=O)OCCN(C(C)O)C(C)O. The van der Waals surface area contributed by atoms with Crippen molar-refractivity contribution in [1.82, 2.24) is 4.90 Å². The van der Waals surface area contributed by atoms with Crippen molar-refractivity contribution in [2.24, 2.45) is 0 Å². The summed E-state index contributed by atoms with van der Waals surface area (Å²) in [6.07, 6.45) is 18.6. The fraction of sp³-hybridized carbons (Fsp3) is 0.958. The van der Waals surface area contributed by atoms with Crippen LogP contribution in [-0.2, 0) is 9.53 Å². The molecule has 0 saturated heterocycles. The lowest BCUT2D eigenvalue weighted by Gasteiger charge is -2.27. The number of rotatable bonds is 21. The third-order valence-corrected chi connectivity index (χ3v) is 5.56. The molecule has 5 nitrogen and oxygen atoms in total. The lowest BCUT2D eigenvalue weighted by molar-refractivity contribution is -0.147. The molecule has 0 rings (SSSR count). The van der Waals surface area contributed by atoms with Gasteiger partial charge >= 0.3 is 5.97 Å². The van der Waals surface area contributed by atoms with E-state index in [9.17, 15) is 15.0 Å². The van der Waals surface area contributed by atoms with E-state index in [0.717, 1.165) is 12.8 Å². The number of nitrogens with zero attached hydrogens (tertiary/aromatic N) is 1. The number of esters is 1. The molecule has 0 heterocycles. The van der Waals surface area contributed by atoms with Crippen LogP contribution in [0, 0.1) is 0 Å². The van der Waals surface area contributed by atoms with Gasteiger partial charge in [0.2, 0.25) is 0 Å². The molecular weight excluding hydrogens is 366 g/mol. The Hall–Kier alpha value is -0.650. The largest absolute Gasteiger partial charge is 0.464 e. The monoisotopic (exact) mass is 415 g/mol. The van der Waals surface area contributed by atoms with Crippen molar-refractivity contribution in [2.75, 3.05) is 13.2 Å². The molecule has 0 fully saturated rings. The van der Waals surface area contributed by atoms with Gasteiger partial charge in [-0.1, -0.05) is 96.8 Å². The number of aliphatic hydroxyl groups is 2. The van der Waals surface area contributed by atoms with Crippen molar-refractivity contribution in [1.29, 1.82) is 0 Å². The summed E-state index contributed by atoms with van der Waals surface area (Å²) in [5, 5.41) is 19.1. The average molecular weight is 416 g/mol. The van der Waals surface area contributed by atoms with Gasteiger partial charge in [0.05, 0.1) is 0 Å². The first-order chi connectivity index (χ1) is 14.0. The van der Waals surface area contributed by atoms with Crippen molar-refractivity contribution in [3.8, 4) is 0 Å². The molecule has 29 heavy (non-hydrogen) atoms. The minimum Gasteiger partial charge on any atom is -0.464 e. The molecule has 2 atom stereocenters. The molecule has 0 saturated carbocycles. The van der Waals surface area contributed by atoms with Crippen molar-refractivity contribution in [2.45, 2.75) is 136 Å². The van der Waals surface area contributed by atoms with Crippen LogP contribution in [0.15, 0.2) is 0 Å². The molecule has 0 aliphatic rings. The van der Waals surface area contributed by atoms with Crippen LogP contribution in [0.2, 0.25) is 0 Å². The average Bonchev–Trinajstić information content (AvgIpc) is 2.67. The maximum Gasteiger partial charge on any atom is 0.305 e. The third-order valence-electron chi connectivity index (χ3n) is 5.56. The van der Waals surface area contributed by atoms with Gasteiger partial charge in [0.1, 0.15) is 19.1 Å². The first-order valence-electron chi connectivity index (χ1n) is 12.3. The summed E-state index contributed by atoms with van der Waals surface area (Å²) in [7, 11) is 0. The maximum atomic E-state index is 11.7. The van der Waals surface area contributed by atoms with Gasteiger partial charge in [-0.15, -0.1) is 0 Å². The molecule has 5 heteroatoms. The van der Waals surface area contributed by atoms with Gasteiger partial charge in [0.15, 0.2) is 0 Å². The summed E-state index contributed by atoms with van der Waals surface area (Å²) in [5.74, 6) is -0.184. The number of hydrogen-bond acceptors (Lipinski definition) is 5. The molecular formula is C24H49NO4. The van der Waals surface area contributed by atoms with E-state index in [4.69, 9.17) is 4.74 Å². The van der Waals surface area contributed by atoms with E-state index in [0.29, 0.717) is 13.0 Å². The summed E-state index contributed by atoms with van der Waals surface area (Å²) in [6, 6.07) is 0. The predicted octanol–water partition coefficient (Wildman–Crippen LogP) is 5.77. The molecule has 0 spiro atoms. The summed E-state index contributed by atoms with van der Waals surface area (Å²) < 4.78 is 5.19. The van der Waals surface area contributed by atoms with Gasteiger partial charge < -0.3 is 14.9 Å². The molecule has 0 aromatic carbocycles. The van der Waals surface area contributed by atoms with Crippen LogP contribution in [0.3, 0.4) is 0 Å². The first-order valence-corrected chi connectivity index (χ1v) is 12.3. The van der Waals surface area contributed by atoms with E-state index in [2.05, 4.69) is 6.92 Å². The Bertz CT molecular complexity index is 353. The molecule has 2 N–H and O–H groups in total. The normalized spacial score (nSPS) is 13.6. The molecule has 174 valence electrons. The minimum absolute atomic E-state index is 0.184. The second-order valence-corrected chi connectivity index (χ2v) is 8.42. The third kappa shape index (κ3) is 19.1. The topological polar surface area (TPSA) is 70.0 Å². The maximum absolute atomic E-state index is 11.7. The highest BCUT2D eigenvalue weighted by molar-refractivity contribution is 5.69. The molecule has 0 aromatic heterocycles. The Morgan fingerprint density at radius 2 is 1.10 bits per heavy atom. The van der Waals surface area contributed by atoms with Crippen LogP contribution in [-0.4, -0.2) is 46.7 Å². The molecule has 0 amide bonds. The standard InChI is InChI=1S/C24H49NO4/c1-4-5-6-7-8-9-10-11-12-13-14-15-16-17-18-19-24(28)29-21-20-25(22(2)26)23(3)27/h22-23,26-27H,4-21H2,1-3H3. The number of carbonyl (C=O) groups excluding carboxylic acids is 1. The molecule has 0 aliphatic carbocycles. The highest BCUT2D eigenvalue weighted by Crippen LogP contribution is 2.13. The number of hydrogen-bond donors (Lipinski definition) is 2. The molecule has 0 radical (unpaired) electrons. The predicted molar refractivity (Wildman–Crippen MR) is 121 cm³/mol. The Morgan fingerprint density at radius 1 is 0.724 bits per heavy atom. The Kier molecular flexibility index (Phi) is 20.2. The van der Waals surface area contributed by atoms with E-state index in [1.165, 1.54) is 88.4 Å². The molecule has 0 aliphatic heterocycles. The minimum atomic E-state index is -0.760. The zero-order valence-corrected chi connectivity index (χ0v) is 19.5. The number of aliphatic hydroxyl groups excluding tert-OH is 2. The summed E-state index contributed by atoms with van der Waals surface area (Å²) in [6.45, 7) is 5.98. The number of carbonyl (C=O) groups is 1. The molecule has 0 bridgehead atoms. The van der Waals surface area contributed by atoms with Crippen molar-refractivity contribution < 1.29 is 19.7 Å². The van der Waals surface area contributed by atoms with Gasteiger partial charge in [-0.2, -0.15) is 0 Å². The number of unbranched alkanes of at least 4 members (excludes halogenated alkanes) is 14. The fourth-order valence-corrected chi connectivity index (χ4v) is 3.66. The van der Waals surface area contributed by atoms with Crippen molar-refractivity contribution in [3.63, 3.8) is 0 Å². The van der Waals surface area contributed by atoms with Gasteiger partial charge in [0.25, 0.3) is 0 Å². The highest BCUT2D eigenvalue weighted by Gasteiger charge is 2.16. The zero-order chi connectivity index (χ0) is 21.7. The van der Waals surface area contributed by atoms with Gasteiger partial charge in [-0.05, 0) is 20.3 Å². The summed E-state index contributed by atoms with van der Waals surface area (Å²) >= 11 is 0. The van der Waals surface area contributed by atoms with E-state index in [-0.39, 0.29) is 12.6 Å². The van der Waals surface area contributed by atoms with Crippen LogP contribution in [0.5, 0.6) is 0 Å². The molecule has 0 aromatic rings. The van der Waals surface area contributed by atoms with Gasteiger partial charge in [-0.25, -0.2) is 4.90 Å². The van der Waals surface area contributed by atoms with Crippen LogP contribution in [0.25, 0.3) is 0 Å². The van der Waals surface area contributed by atoms with Crippen molar-refractivity contribution in [3.05, 3.63) is 0 Å².